The number of methoxy groups -OCH3 is 1. The molecule has 2 saturated heterocycles. The number of carbonyl (C=O) groups is 1. The van der Waals surface area contributed by atoms with Crippen LogP contribution in [0.4, 0.5) is 11.4 Å². The van der Waals surface area contributed by atoms with Crippen molar-refractivity contribution < 1.29 is 9.53 Å². The number of amides is 1. The molecule has 1 amide bonds. The molecule has 2 aliphatic heterocycles. The van der Waals surface area contributed by atoms with Crippen molar-refractivity contribution in [3.63, 3.8) is 0 Å². The molecule has 0 saturated carbocycles. The zero-order valence-electron chi connectivity index (χ0n) is 22.1. The molecule has 3 aromatic rings. The maximum atomic E-state index is 13.6. The predicted octanol–water partition coefficient (Wildman–Crippen LogP) is 3.29. The van der Waals surface area contributed by atoms with Gasteiger partial charge in [-0.1, -0.05) is 30.3 Å². The Labute approximate surface area is 225 Å². The molecule has 1 aromatic heterocycles. The highest BCUT2D eigenvalue weighted by molar-refractivity contribution is 5.93. The summed E-state index contributed by atoms with van der Waals surface area (Å²) in [4.78, 5) is 22.7. The van der Waals surface area contributed by atoms with Gasteiger partial charge < -0.3 is 24.0 Å². The van der Waals surface area contributed by atoms with Gasteiger partial charge in [-0.25, -0.2) is 0 Å². The average molecular weight is 513 g/mol. The van der Waals surface area contributed by atoms with Crippen molar-refractivity contribution in [1.82, 2.24) is 14.4 Å². The Bertz CT molecular complexity index is 1250. The number of ether oxygens (including phenoxy) is 1. The van der Waals surface area contributed by atoms with Gasteiger partial charge in [0.1, 0.15) is 11.8 Å². The molecule has 0 N–H and O–H groups in total. The van der Waals surface area contributed by atoms with Crippen LogP contribution < -0.4 is 9.80 Å². The monoisotopic (exact) mass is 512 g/mol. The van der Waals surface area contributed by atoms with Gasteiger partial charge in [-0.2, -0.15) is 5.26 Å². The van der Waals surface area contributed by atoms with Crippen molar-refractivity contribution >= 4 is 17.3 Å². The third-order valence-electron chi connectivity index (χ3n) is 7.54. The maximum Gasteiger partial charge on any atom is 0.270 e. The second kappa shape index (κ2) is 12.2. The fraction of sp³-hybridized carbons (Fsp3) is 0.400. The number of benzene rings is 2. The van der Waals surface area contributed by atoms with Crippen molar-refractivity contribution in [1.29, 1.82) is 5.26 Å². The van der Waals surface area contributed by atoms with Crippen LogP contribution >= 0.6 is 0 Å². The summed E-state index contributed by atoms with van der Waals surface area (Å²) in [6, 6.07) is 22.6. The van der Waals surface area contributed by atoms with E-state index < -0.39 is 0 Å². The Morgan fingerprint density at radius 3 is 2.29 bits per heavy atom. The van der Waals surface area contributed by atoms with E-state index in [1.165, 1.54) is 11.3 Å². The van der Waals surface area contributed by atoms with E-state index in [1.54, 1.807) is 7.11 Å². The number of rotatable bonds is 8. The Kier molecular flexibility index (Phi) is 8.27. The first-order valence-corrected chi connectivity index (χ1v) is 13.4. The van der Waals surface area contributed by atoms with E-state index >= 15 is 0 Å². The number of piperazine rings is 2. The highest BCUT2D eigenvalue weighted by atomic mass is 16.5. The highest BCUT2D eigenvalue weighted by Crippen LogP contribution is 2.23. The van der Waals surface area contributed by atoms with Crippen molar-refractivity contribution in [2.24, 2.45) is 0 Å². The molecule has 2 aliphatic rings. The van der Waals surface area contributed by atoms with Crippen LogP contribution in [-0.2, 0) is 17.8 Å². The minimum atomic E-state index is 0.0643. The van der Waals surface area contributed by atoms with Crippen molar-refractivity contribution in [3.05, 3.63) is 83.7 Å². The van der Waals surface area contributed by atoms with E-state index in [-0.39, 0.29) is 5.91 Å². The Morgan fingerprint density at radius 1 is 0.895 bits per heavy atom. The van der Waals surface area contributed by atoms with Gasteiger partial charge in [0, 0.05) is 84.4 Å². The third-order valence-corrected chi connectivity index (χ3v) is 7.54. The van der Waals surface area contributed by atoms with Gasteiger partial charge in [-0.15, -0.1) is 0 Å². The van der Waals surface area contributed by atoms with Crippen LogP contribution in [-0.4, -0.2) is 86.3 Å². The molecule has 0 atom stereocenters. The van der Waals surface area contributed by atoms with Gasteiger partial charge in [0.05, 0.1) is 17.9 Å². The second-order valence-corrected chi connectivity index (χ2v) is 9.93. The predicted molar refractivity (Wildman–Crippen MR) is 150 cm³/mol. The molecule has 0 unspecified atom stereocenters. The lowest BCUT2D eigenvalue weighted by Gasteiger charge is -2.36. The number of anilines is 2. The number of para-hydroxylation sites is 2. The molecule has 3 heterocycles. The number of nitrogens with zero attached hydrogens (tertiary/aromatic N) is 6. The molecule has 0 bridgehead atoms. The molecule has 5 rings (SSSR count). The smallest absolute Gasteiger partial charge is 0.270 e. The first kappa shape index (κ1) is 25.8. The summed E-state index contributed by atoms with van der Waals surface area (Å²) >= 11 is 0. The molecule has 0 radical (unpaired) electrons. The third kappa shape index (κ3) is 5.85. The van der Waals surface area contributed by atoms with Crippen LogP contribution in [0.2, 0.25) is 0 Å². The number of carbonyl (C=O) groups excluding carboxylic acids is 1. The summed E-state index contributed by atoms with van der Waals surface area (Å²) in [5.74, 6) is 0.0643. The first-order chi connectivity index (χ1) is 18.7. The van der Waals surface area contributed by atoms with Crippen LogP contribution in [0, 0.1) is 11.3 Å². The normalized spacial score (nSPS) is 16.5. The Hall–Kier alpha value is -3.80. The fourth-order valence-electron chi connectivity index (χ4n) is 5.43. The van der Waals surface area contributed by atoms with Gasteiger partial charge in [-0.3, -0.25) is 9.69 Å². The summed E-state index contributed by atoms with van der Waals surface area (Å²) in [6.07, 6.45) is 2.12. The van der Waals surface area contributed by atoms with Crippen molar-refractivity contribution in [2.45, 2.75) is 13.1 Å². The molecule has 0 spiro atoms. The van der Waals surface area contributed by atoms with Crippen LogP contribution in [0.25, 0.3) is 0 Å². The SMILES string of the molecule is COCCn1cc(CN2CCN(c3ccccc3)CC2)cc1C(=O)N1CCN(c2ccccc2C#N)CC1. The van der Waals surface area contributed by atoms with E-state index in [1.807, 2.05) is 29.2 Å². The van der Waals surface area contributed by atoms with Gasteiger partial charge in [-0.05, 0) is 35.9 Å². The highest BCUT2D eigenvalue weighted by Gasteiger charge is 2.26. The number of hydrogen-bond acceptors (Lipinski definition) is 6. The molecule has 38 heavy (non-hydrogen) atoms. The fourth-order valence-corrected chi connectivity index (χ4v) is 5.43. The zero-order chi connectivity index (χ0) is 26.3. The lowest BCUT2D eigenvalue weighted by molar-refractivity contribution is 0.0733. The Balaban J connectivity index is 1.22. The molecule has 2 aromatic carbocycles. The van der Waals surface area contributed by atoms with Crippen LogP contribution in [0.3, 0.4) is 0 Å². The van der Waals surface area contributed by atoms with Crippen LogP contribution in [0.5, 0.6) is 0 Å². The van der Waals surface area contributed by atoms with Gasteiger partial charge >= 0.3 is 0 Å². The Morgan fingerprint density at radius 2 is 1.58 bits per heavy atom. The molecule has 2 fully saturated rings. The summed E-state index contributed by atoms with van der Waals surface area (Å²) < 4.78 is 7.38. The molecule has 198 valence electrons. The minimum Gasteiger partial charge on any atom is -0.383 e. The number of nitriles is 1. The molecule has 8 nitrogen and oxygen atoms in total. The van der Waals surface area contributed by atoms with Gasteiger partial charge in [0.2, 0.25) is 0 Å². The number of aromatic nitrogens is 1. The van der Waals surface area contributed by atoms with Crippen LogP contribution in [0.1, 0.15) is 21.6 Å². The largest absolute Gasteiger partial charge is 0.383 e. The van der Waals surface area contributed by atoms with E-state index in [2.05, 4.69) is 67.9 Å². The van der Waals surface area contributed by atoms with E-state index in [0.29, 0.717) is 44.9 Å². The first-order valence-electron chi connectivity index (χ1n) is 13.4. The number of hydrogen-bond donors (Lipinski definition) is 0. The van der Waals surface area contributed by atoms with Crippen LogP contribution in [0.15, 0.2) is 66.9 Å². The van der Waals surface area contributed by atoms with E-state index in [0.717, 1.165) is 44.1 Å². The quantitative estimate of drug-likeness (QED) is 0.462. The molecular formula is C30H36N6O2. The lowest BCUT2D eigenvalue weighted by Crippen LogP contribution is -2.49. The minimum absolute atomic E-state index is 0.0643. The summed E-state index contributed by atoms with van der Waals surface area (Å²) in [7, 11) is 1.69. The summed E-state index contributed by atoms with van der Waals surface area (Å²) in [6.45, 7) is 8.71. The summed E-state index contributed by atoms with van der Waals surface area (Å²) in [5, 5.41) is 9.46. The molecular weight excluding hydrogens is 476 g/mol. The maximum absolute atomic E-state index is 13.6. The topological polar surface area (TPSA) is 68.0 Å². The van der Waals surface area contributed by atoms with E-state index in [4.69, 9.17) is 4.74 Å². The zero-order valence-corrected chi connectivity index (χ0v) is 22.1. The van der Waals surface area contributed by atoms with Gasteiger partial charge in [0.25, 0.3) is 5.91 Å². The second-order valence-electron chi connectivity index (χ2n) is 9.93. The molecule has 0 aliphatic carbocycles. The van der Waals surface area contributed by atoms with E-state index in [9.17, 15) is 10.1 Å². The lowest BCUT2D eigenvalue weighted by atomic mass is 10.1. The average Bonchev–Trinajstić information content (AvgIpc) is 3.38. The van der Waals surface area contributed by atoms with Crippen molar-refractivity contribution in [2.75, 3.05) is 75.9 Å². The molecule has 8 heteroatoms. The standard InChI is InChI=1S/C30H36N6O2/c1-38-20-19-36-24-25(23-32-11-13-33(14-12-32)27-8-3-2-4-9-27)21-29(36)30(37)35-17-15-34(16-18-35)28-10-6-5-7-26(28)22-31/h2-10,21,24H,11-20,23H2,1H3. The van der Waals surface area contributed by atoms with Gasteiger partial charge in [0.15, 0.2) is 0 Å². The van der Waals surface area contributed by atoms with Crippen molar-refractivity contribution in [3.8, 4) is 6.07 Å². The summed E-state index contributed by atoms with van der Waals surface area (Å²) in [5.41, 5.74) is 4.79.